The number of carbonyl (C=O) groups is 1. The van der Waals surface area contributed by atoms with Crippen LogP contribution in [0.25, 0.3) is 0 Å². The van der Waals surface area contributed by atoms with E-state index < -0.39 is 5.60 Å². The van der Waals surface area contributed by atoms with Gasteiger partial charge in [-0.1, -0.05) is 5.16 Å². The zero-order valence-electron chi connectivity index (χ0n) is 15.4. The largest absolute Gasteiger partial charge is 0.444 e. The van der Waals surface area contributed by atoms with Gasteiger partial charge >= 0.3 is 6.09 Å². The van der Waals surface area contributed by atoms with Gasteiger partial charge in [-0.15, -0.1) is 0 Å². The van der Waals surface area contributed by atoms with E-state index in [9.17, 15) is 4.79 Å². The quantitative estimate of drug-likeness (QED) is 0.896. The molecule has 3 rings (SSSR count). The molecule has 0 bridgehead atoms. The summed E-state index contributed by atoms with van der Waals surface area (Å²) in [6.45, 7) is 6.94. The van der Waals surface area contributed by atoms with Crippen LogP contribution in [-0.4, -0.2) is 50.9 Å². The zero-order valence-corrected chi connectivity index (χ0v) is 15.4. The van der Waals surface area contributed by atoms with Crippen LogP contribution in [0.4, 0.5) is 4.79 Å². The predicted molar refractivity (Wildman–Crippen MR) is 94.3 cm³/mol. The molecular weight excluding hydrogens is 334 g/mol. The Bertz CT molecular complexity index is 691. The second-order valence-electron chi connectivity index (χ2n) is 7.40. The topological polar surface area (TPSA) is 93.4 Å². The molecule has 8 heteroatoms. The Morgan fingerprint density at radius 1 is 1.31 bits per heavy atom. The molecule has 1 atom stereocenters. The number of nitrogens with zero attached hydrogens (tertiary/aromatic N) is 4. The summed E-state index contributed by atoms with van der Waals surface area (Å²) >= 11 is 0. The van der Waals surface area contributed by atoms with Crippen molar-refractivity contribution < 1.29 is 14.1 Å². The smallest absolute Gasteiger partial charge is 0.410 e. The van der Waals surface area contributed by atoms with Crippen LogP contribution in [0.1, 0.15) is 51.1 Å². The molecule has 0 aromatic carbocycles. The van der Waals surface area contributed by atoms with Crippen molar-refractivity contribution in [3.05, 3.63) is 42.3 Å². The number of pyridine rings is 1. The first-order valence-corrected chi connectivity index (χ1v) is 8.83. The van der Waals surface area contributed by atoms with E-state index in [1.807, 2.05) is 32.9 Å². The summed E-state index contributed by atoms with van der Waals surface area (Å²) in [5.74, 6) is 0.519. The molecule has 140 valence electrons. The number of nitrogens with one attached hydrogen (secondary N) is 1. The number of likely N-dealkylation sites (tertiary alicyclic amines) is 1. The van der Waals surface area contributed by atoms with Gasteiger partial charge in [-0.25, -0.2) is 4.79 Å². The minimum atomic E-state index is -0.476. The Labute approximate surface area is 152 Å². The number of hydrogen-bond acceptors (Lipinski definition) is 7. The van der Waals surface area contributed by atoms with Crippen molar-refractivity contribution in [1.29, 1.82) is 0 Å². The van der Waals surface area contributed by atoms with Gasteiger partial charge in [0, 0.05) is 31.5 Å². The fourth-order valence-electron chi connectivity index (χ4n) is 2.97. The second-order valence-corrected chi connectivity index (χ2v) is 7.40. The number of ether oxygens (including phenoxy) is 1. The average Bonchev–Trinajstić information content (AvgIpc) is 3.14. The van der Waals surface area contributed by atoms with Crippen LogP contribution in [0.3, 0.4) is 0 Å². The molecule has 8 nitrogen and oxygen atoms in total. The molecule has 1 aliphatic heterocycles. The lowest BCUT2D eigenvalue weighted by molar-refractivity contribution is 0.0195. The summed E-state index contributed by atoms with van der Waals surface area (Å²) in [5, 5.41) is 7.30. The molecule has 1 aliphatic rings. The summed E-state index contributed by atoms with van der Waals surface area (Å²) in [7, 11) is 0. The van der Waals surface area contributed by atoms with E-state index in [4.69, 9.17) is 9.26 Å². The van der Waals surface area contributed by atoms with Gasteiger partial charge in [0.1, 0.15) is 11.6 Å². The highest BCUT2D eigenvalue weighted by molar-refractivity contribution is 5.68. The van der Waals surface area contributed by atoms with Crippen molar-refractivity contribution >= 4 is 6.09 Å². The second kappa shape index (κ2) is 7.82. The van der Waals surface area contributed by atoms with Gasteiger partial charge < -0.3 is 14.2 Å². The van der Waals surface area contributed by atoms with Gasteiger partial charge in [0.25, 0.3) is 0 Å². The highest BCUT2D eigenvalue weighted by Crippen LogP contribution is 2.23. The Morgan fingerprint density at radius 3 is 2.58 bits per heavy atom. The molecule has 26 heavy (non-hydrogen) atoms. The molecule has 3 heterocycles. The van der Waals surface area contributed by atoms with Gasteiger partial charge in [-0.05, 0) is 51.3 Å². The first kappa shape index (κ1) is 18.3. The maximum absolute atomic E-state index is 12.2. The first-order valence-electron chi connectivity index (χ1n) is 8.83. The molecule has 1 saturated heterocycles. The lowest BCUT2D eigenvalue weighted by Crippen LogP contribution is -2.47. The van der Waals surface area contributed by atoms with Crippen LogP contribution in [0.15, 0.2) is 35.4 Å². The van der Waals surface area contributed by atoms with Crippen LogP contribution in [0, 0.1) is 0 Å². The van der Waals surface area contributed by atoms with Gasteiger partial charge in [-0.2, -0.15) is 4.98 Å². The predicted octanol–water partition coefficient (Wildman–Crippen LogP) is 2.54. The average molecular weight is 359 g/mol. The van der Waals surface area contributed by atoms with Crippen molar-refractivity contribution in [2.45, 2.75) is 51.3 Å². The Morgan fingerprint density at radius 2 is 2.00 bits per heavy atom. The Balaban J connectivity index is 1.61. The van der Waals surface area contributed by atoms with E-state index in [2.05, 4.69) is 20.4 Å². The zero-order chi connectivity index (χ0) is 18.6. The molecule has 0 aliphatic carbocycles. The first-order chi connectivity index (χ1) is 12.4. The van der Waals surface area contributed by atoms with Crippen LogP contribution in [-0.2, 0) is 4.74 Å². The van der Waals surface area contributed by atoms with Gasteiger partial charge in [0.2, 0.25) is 5.89 Å². The Kier molecular flexibility index (Phi) is 5.51. The third kappa shape index (κ3) is 4.78. The van der Waals surface area contributed by atoms with E-state index >= 15 is 0 Å². The molecule has 0 spiro atoms. The summed E-state index contributed by atoms with van der Waals surface area (Å²) in [5.41, 5.74) is 0.537. The normalized spacial score (nSPS) is 17.1. The SMILES string of the molecule is CC(C)(C)OC(=O)N1CCC(NC(c2ccncc2)c2ncno2)CC1. The van der Waals surface area contributed by atoms with E-state index in [1.54, 1.807) is 17.3 Å². The van der Waals surface area contributed by atoms with E-state index in [0.29, 0.717) is 19.0 Å². The van der Waals surface area contributed by atoms with Crippen molar-refractivity contribution in [3.63, 3.8) is 0 Å². The molecule has 2 aromatic rings. The third-order valence-electron chi connectivity index (χ3n) is 4.21. The summed E-state index contributed by atoms with van der Waals surface area (Å²) in [6.07, 6.45) is 6.29. The van der Waals surface area contributed by atoms with Gasteiger partial charge in [-0.3, -0.25) is 10.3 Å². The lowest BCUT2D eigenvalue weighted by Gasteiger charge is -2.35. The molecule has 1 amide bonds. The third-order valence-corrected chi connectivity index (χ3v) is 4.21. The summed E-state index contributed by atoms with van der Waals surface area (Å²) in [6, 6.07) is 3.90. The number of carbonyl (C=O) groups excluding carboxylic acids is 1. The van der Waals surface area contributed by atoms with Crippen molar-refractivity contribution in [1.82, 2.24) is 25.3 Å². The molecule has 1 unspecified atom stereocenters. The molecular formula is C18H25N5O3. The maximum Gasteiger partial charge on any atom is 0.410 e. The molecule has 0 saturated carbocycles. The van der Waals surface area contributed by atoms with Crippen molar-refractivity contribution in [3.8, 4) is 0 Å². The van der Waals surface area contributed by atoms with Crippen LogP contribution in [0.2, 0.25) is 0 Å². The number of aromatic nitrogens is 3. The molecule has 1 N–H and O–H groups in total. The van der Waals surface area contributed by atoms with E-state index in [0.717, 1.165) is 18.4 Å². The van der Waals surface area contributed by atoms with Gasteiger partial charge in [0.05, 0.1) is 0 Å². The molecule has 1 fully saturated rings. The minimum absolute atomic E-state index is 0.196. The van der Waals surface area contributed by atoms with Crippen molar-refractivity contribution in [2.75, 3.05) is 13.1 Å². The van der Waals surface area contributed by atoms with E-state index in [-0.39, 0.29) is 18.2 Å². The Hall–Kier alpha value is -2.48. The van der Waals surface area contributed by atoms with Crippen molar-refractivity contribution in [2.24, 2.45) is 0 Å². The molecule has 0 radical (unpaired) electrons. The maximum atomic E-state index is 12.2. The number of amides is 1. The lowest BCUT2D eigenvalue weighted by atomic mass is 10.0. The minimum Gasteiger partial charge on any atom is -0.444 e. The summed E-state index contributed by atoms with van der Waals surface area (Å²) in [4.78, 5) is 22.2. The monoisotopic (exact) mass is 359 g/mol. The highest BCUT2D eigenvalue weighted by atomic mass is 16.6. The highest BCUT2D eigenvalue weighted by Gasteiger charge is 2.29. The number of rotatable bonds is 4. The van der Waals surface area contributed by atoms with E-state index in [1.165, 1.54) is 6.33 Å². The van der Waals surface area contributed by atoms with Crippen LogP contribution in [0.5, 0.6) is 0 Å². The fraction of sp³-hybridized carbons (Fsp3) is 0.556. The van der Waals surface area contributed by atoms with Gasteiger partial charge in [0.15, 0.2) is 6.33 Å². The van der Waals surface area contributed by atoms with Crippen LogP contribution >= 0.6 is 0 Å². The molecule has 2 aromatic heterocycles. The standard InChI is InChI=1S/C18H25N5O3/c1-18(2,3)25-17(24)23-10-6-14(7-11-23)22-15(16-20-12-21-26-16)13-4-8-19-9-5-13/h4-5,8-9,12,14-15,22H,6-7,10-11H2,1-3H3. The van der Waals surface area contributed by atoms with Crippen LogP contribution < -0.4 is 5.32 Å². The fourth-order valence-corrected chi connectivity index (χ4v) is 2.97. The summed E-state index contributed by atoms with van der Waals surface area (Å²) < 4.78 is 10.7. The number of piperidine rings is 1. The number of hydrogen-bond donors (Lipinski definition) is 1.